The highest BCUT2D eigenvalue weighted by atomic mass is 16.6. The van der Waals surface area contributed by atoms with Gasteiger partial charge in [0, 0.05) is 25.5 Å². The Hall–Kier alpha value is -2.70. The summed E-state index contributed by atoms with van der Waals surface area (Å²) in [6.07, 6.45) is 2.97. The Balaban J connectivity index is 2.42. The van der Waals surface area contributed by atoms with E-state index in [1.807, 2.05) is 50.7 Å². The summed E-state index contributed by atoms with van der Waals surface area (Å²) < 4.78 is 17.9. The lowest BCUT2D eigenvalue weighted by Gasteiger charge is -2.24. The molecule has 0 radical (unpaired) electrons. The molecule has 7 heteroatoms. The first-order chi connectivity index (χ1) is 11.7. The van der Waals surface area contributed by atoms with Crippen molar-refractivity contribution in [1.82, 2.24) is 14.9 Å². The van der Waals surface area contributed by atoms with Crippen molar-refractivity contribution >= 4 is 6.09 Å². The number of carbonyl (C=O) groups is 1. The van der Waals surface area contributed by atoms with E-state index in [4.69, 9.17) is 14.2 Å². The topological polar surface area (TPSA) is 74.6 Å². The van der Waals surface area contributed by atoms with Crippen molar-refractivity contribution in [2.75, 3.05) is 14.2 Å². The van der Waals surface area contributed by atoms with Crippen LogP contribution in [-0.4, -0.2) is 35.5 Å². The van der Waals surface area contributed by atoms with Crippen LogP contribution in [0.5, 0.6) is 11.5 Å². The number of aryl methyl sites for hydroxylation is 1. The first-order valence-corrected chi connectivity index (χ1v) is 7.93. The molecule has 0 unspecified atom stereocenters. The number of amides is 1. The molecule has 0 spiro atoms. The van der Waals surface area contributed by atoms with E-state index in [1.54, 1.807) is 26.5 Å². The smallest absolute Gasteiger partial charge is 0.408 e. The quantitative estimate of drug-likeness (QED) is 0.900. The fourth-order valence-electron chi connectivity index (χ4n) is 2.37. The summed E-state index contributed by atoms with van der Waals surface area (Å²) >= 11 is 0. The van der Waals surface area contributed by atoms with Crippen molar-refractivity contribution in [2.24, 2.45) is 7.05 Å². The minimum absolute atomic E-state index is 0.515. The third-order valence-electron chi connectivity index (χ3n) is 3.48. The number of benzene rings is 1. The lowest BCUT2D eigenvalue weighted by Crippen LogP contribution is -2.36. The fourth-order valence-corrected chi connectivity index (χ4v) is 2.37. The van der Waals surface area contributed by atoms with Gasteiger partial charge in [-0.3, -0.25) is 0 Å². The van der Waals surface area contributed by atoms with E-state index in [0.29, 0.717) is 17.3 Å². The van der Waals surface area contributed by atoms with Crippen LogP contribution in [0.15, 0.2) is 30.6 Å². The predicted octanol–water partition coefficient (Wildman–Crippen LogP) is 3.05. The van der Waals surface area contributed by atoms with Gasteiger partial charge in [0.1, 0.15) is 29.0 Å². The second-order valence-electron chi connectivity index (χ2n) is 6.62. The zero-order chi connectivity index (χ0) is 18.6. The Kier molecular flexibility index (Phi) is 5.56. The van der Waals surface area contributed by atoms with Gasteiger partial charge in [0.15, 0.2) is 0 Å². The number of nitrogens with zero attached hydrogens (tertiary/aromatic N) is 2. The molecular formula is C18H25N3O4. The van der Waals surface area contributed by atoms with Crippen LogP contribution in [0.25, 0.3) is 0 Å². The molecular weight excluding hydrogens is 322 g/mol. The van der Waals surface area contributed by atoms with Crippen LogP contribution < -0.4 is 14.8 Å². The van der Waals surface area contributed by atoms with Crippen LogP contribution in [0.2, 0.25) is 0 Å². The number of ether oxygens (including phenoxy) is 3. The normalized spacial score (nSPS) is 12.4. The number of rotatable bonds is 5. The van der Waals surface area contributed by atoms with E-state index < -0.39 is 17.7 Å². The predicted molar refractivity (Wildman–Crippen MR) is 94.0 cm³/mol. The Bertz CT molecular complexity index is 712. The van der Waals surface area contributed by atoms with Crippen LogP contribution >= 0.6 is 0 Å². The molecule has 1 aromatic heterocycles. The molecule has 1 heterocycles. The summed E-state index contributed by atoms with van der Waals surface area (Å²) in [4.78, 5) is 16.7. The number of imidazole rings is 1. The molecule has 1 atom stereocenters. The number of carbonyl (C=O) groups excluding carboxylic acids is 1. The summed E-state index contributed by atoms with van der Waals surface area (Å²) in [5.41, 5.74) is 0.180. The molecule has 0 saturated heterocycles. The van der Waals surface area contributed by atoms with Crippen LogP contribution in [0.3, 0.4) is 0 Å². The monoisotopic (exact) mass is 347 g/mol. The van der Waals surface area contributed by atoms with Crippen LogP contribution in [-0.2, 0) is 11.8 Å². The SMILES string of the molecule is COc1cc(OC)cc([C@H](NC(=O)OC(C)(C)C)c2nccn2C)c1. The number of alkyl carbamates (subject to hydrolysis) is 1. The highest BCUT2D eigenvalue weighted by molar-refractivity contribution is 5.69. The molecule has 2 aromatic rings. The summed E-state index contributed by atoms with van der Waals surface area (Å²) in [5.74, 6) is 1.92. The van der Waals surface area contributed by atoms with Gasteiger partial charge in [-0.25, -0.2) is 9.78 Å². The third-order valence-corrected chi connectivity index (χ3v) is 3.48. The van der Waals surface area contributed by atoms with E-state index >= 15 is 0 Å². The second-order valence-corrected chi connectivity index (χ2v) is 6.62. The fraction of sp³-hybridized carbons (Fsp3) is 0.444. The minimum atomic E-state index is -0.595. The standard InChI is InChI=1S/C18H25N3O4/c1-18(2,3)25-17(22)20-15(16-19-7-8-21(16)4)12-9-13(23-5)11-14(10-12)24-6/h7-11,15H,1-6H3,(H,20,22)/t15-/m0/s1. The van der Waals surface area contributed by atoms with E-state index in [-0.39, 0.29) is 0 Å². The summed E-state index contributed by atoms with van der Waals surface area (Å²) in [6.45, 7) is 5.45. The number of aromatic nitrogens is 2. The largest absolute Gasteiger partial charge is 0.497 e. The van der Waals surface area contributed by atoms with Crippen molar-refractivity contribution in [3.05, 3.63) is 42.0 Å². The van der Waals surface area contributed by atoms with Crippen molar-refractivity contribution in [3.8, 4) is 11.5 Å². The Morgan fingerprint density at radius 2 is 1.76 bits per heavy atom. The summed E-state index contributed by atoms with van der Waals surface area (Å²) in [7, 11) is 5.02. The summed E-state index contributed by atoms with van der Waals surface area (Å²) in [5, 5.41) is 2.88. The van der Waals surface area contributed by atoms with Crippen molar-refractivity contribution in [1.29, 1.82) is 0 Å². The van der Waals surface area contributed by atoms with Crippen LogP contribution in [0.1, 0.15) is 38.2 Å². The number of nitrogens with one attached hydrogen (secondary N) is 1. The van der Waals surface area contributed by atoms with Gasteiger partial charge in [0.2, 0.25) is 0 Å². The van der Waals surface area contributed by atoms with Gasteiger partial charge in [0.05, 0.1) is 14.2 Å². The number of hydrogen-bond donors (Lipinski definition) is 1. The molecule has 1 amide bonds. The van der Waals surface area contributed by atoms with Gasteiger partial charge < -0.3 is 24.1 Å². The number of hydrogen-bond acceptors (Lipinski definition) is 5. The lowest BCUT2D eigenvalue weighted by molar-refractivity contribution is 0.0509. The van der Waals surface area contributed by atoms with E-state index in [9.17, 15) is 4.79 Å². The molecule has 0 aliphatic carbocycles. The molecule has 0 bridgehead atoms. The molecule has 136 valence electrons. The molecule has 1 aromatic carbocycles. The maximum Gasteiger partial charge on any atom is 0.408 e. The van der Waals surface area contributed by atoms with Gasteiger partial charge in [-0.15, -0.1) is 0 Å². The zero-order valence-corrected chi connectivity index (χ0v) is 15.5. The van der Waals surface area contributed by atoms with Gasteiger partial charge in [0.25, 0.3) is 0 Å². The molecule has 0 aliphatic heterocycles. The maximum absolute atomic E-state index is 12.3. The minimum Gasteiger partial charge on any atom is -0.497 e. The molecule has 1 N–H and O–H groups in total. The molecule has 0 saturated carbocycles. The van der Waals surface area contributed by atoms with Crippen LogP contribution in [0, 0.1) is 0 Å². The average molecular weight is 347 g/mol. The zero-order valence-electron chi connectivity index (χ0n) is 15.5. The van der Waals surface area contributed by atoms with Gasteiger partial charge >= 0.3 is 6.09 Å². The third kappa shape index (κ3) is 4.89. The summed E-state index contributed by atoms with van der Waals surface area (Å²) in [6, 6.07) is 4.92. The van der Waals surface area contributed by atoms with Crippen molar-refractivity contribution < 1.29 is 19.0 Å². The highest BCUT2D eigenvalue weighted by Crippen LogP contribution is 2.29. The van der Waals surface area contributed by atoms with Crippen molar-refractivity contribution in [2.45, 2.75) is 32.4 Å². The van der Waals surface area contributed by atoms with Crippen LogP contribution in [0.4, 0.5) is 4.79 Å². The first-order valence-electron chi connectivity index (χ1n) is 7.93. The van der Waals surface area contributed by atoms with Crippen molar-refractivity contribution in [3.63, 3.8) is 0 Å². The lowest BCUT2D eigenvalue weighted by atomic mass is 10.1. The Morgan fingerprint density at radius 3 is 2.20 bits per heavy atom. The second kappa shape index (κ2) is 7.46. The average Bonchev–Trinajstić information content (AvgIpc) is 2.96. The van der Waals surface area contributed by atoms with E-state index in [1.165, 1.54) is 0 Å². The Labute approximate surface area is 147 Å². The van der Waals surface area contributed by atoms with Gasteiger partial charge in [-0.2, -0.15) is 0 Å². The maximum atomic E-state index is 12.3. The van der Waals surface area contributed by atoms with Gasteiger partial charge in [-0.05, 0) is 38.5 Å². The highest BCUT2D eigenvalue weighted by Gasteiger charge is 2.25. The molecule has 25 heavy (non-hydrogen) atoms. The molecule has 7 nitrogen and oxygen atoms in total. The number of methoxy groups -OCH3 is 2. The van der Waals surface area contributed by atoms with Gasteiger partial charge in [-0.1, -0.05) is 0 Å². The molecule has 2 rings (SSSR count). The van der Waals surface area contributed by atoms with E-state index in [2.05, 4.69) is 10.3 Å². The van der Waals surface area contributed by atoms with E-state index in [0.717, 1.165) is 5.56 Å². The first kappa shape index (κ1) is 18.6. The Morgan fingerprint density at radius 1 is 1.16 bits per heavy atom. The molecule has 0 aliphatic rings. The molecule has 0 fully saturated rings.